The van der Waals surface area contributed by atoms with Crippen LogP contribution < -0.4 is 5.32 Å². The number of halogens is 2. The van der Waals surface area contributed by atoms with Gasteiger partial charge in [0.1, 0.15) is 11.6 Å². The third-order valence-electron chi connectivity index (χ3n) is 3.89. The van der Waals surface area contributed by atoms with E-state index >= 15 is 0 Å². The van der Waals surface area contributed by atoms with Crippen molar-refractivity contribution in [3.8, 4) is 0 Å². The average Bonchev–Trinajstić information content (AvgIpc) is 2.67. The minimum absolute atomic E-state index is 0.245. The Morgan fingerprint density at radius 1 is 1.21 bits per heavy atom. The second kappa shape index (κ2) is 4.79. The third-order valence-corrected chi connectivity index (χ3v) is 3.89. The molecule has 0 unspecified atom stereocenters. The predicted octanol–water partition coefficient (Wildman–Crippen LogP) is 2.10. The van der Waals surface area contributed by atoms with Crippen molar-refractivity contribution in [1.29, 1.82) is 0 Å². The molecule has 0 atom stereocenters. The maximum absolute atomic E-state index is 13.1. The first kappa shape index (κ1) is 12.4. The standard InChI is InChI=1S/C14H17F2N3/c1-19-3-2-17-14(19)18-13-6-10(7-13)9-4-11(15)8-12(16)5-9/h4-5,8,10,13H,2-3,6-7H2,1H3,(H,17,18). The van der Waals surface area contributed by atoms with Gasteiger partial charge < -0.3 is 10.2 Å². The highest BCUT2D eigenvalue weighted by molar-refractivity contribution is 5.81. The summed E-state index contributed by atoms with van der Waals surface area (Å²) in [4.78, 5) is 6.47. The van der Waals surface area contributed by atoms with E-state index in [1.165, 1.54) is 12.1 Å². The molecule has 0 amide bonds. The van der Waals surface area contributed by atoms with Crippen molar-refractivity contribution in [2.75, 3.05) is 20.1 Å². The van der Waals surface area contributed by atoms with Crippen LogP contribution in [-0.2, 0) is 0 Å². The minimum atomic E-state index is -0.494. The summed E-state index contributed by atoms with van der Waals surface area (Å²) < 4.78 is 26.3. The molecular formula is C14H17F2N3. The molecule has 19 heavy (non-hydrogen) atoms. The highest BCUT2D eigenvalue weighted by Gasteiger charge is 2.32. The molecule has 5 heteroatoms. The summed E-state index contributed by atoms with van der Waals surface area (Å²) in [5.74, 6) is 0.196. The normalized spacial score (nSPS) is 26.1. The van der Waals surface area contributed by atoms with Crippen molar-refractivity contribution in [3.05, 3.63) is 35.4 Å². The molecule has 3 nitrogen and oxygen atoms in total. The van der Waals surface area contributed by atoms with E-state index in [2.05, 4.69) is 15.2 Å². The topological polar surface area (TPSA) is 27.6 Å². The molecule has 3 rings (SSSR count). The molecule has 2 aliphatic rings. The number of guanidine groups is 1. The number of hydrogen-bond donors (Lipinski definition) is 1. The Kier molecular flexibility index (Phi) is 3.12. The highest BCUT2D eigenvalue weighted by atomic mass is 19.1. The molecule has 0 radical (unpaired) electrons. The van der Waals surface area contributed by atoms with Crippen molar-refractivity contribution in [2.24, 2.45) is 4.99 Å². The van der Waals surface area contributed by atoms with Gasteiger partial charge in [-0.25, -0.2) is 8.78 Å². The summed E-state index contributed by atoms with van der Waals surface area (Å²) in [5.41, 5.74) is 0.761. The SMILES string of the molecule is CN1CCN=C1NC1CC(c2cc(F)cc(F)c2)C1. The molecule has 0 spiro atoms. The lowest BCUT2D eigenvalue weighted by atomic mass is 9.76. The number of hydrogen-bond acceptors (Lipinski definition) is 3. The first-order chi connectivity index (χ1) is 9.11. The number of aliphatic imine (C=N–C) groups is 1. The Bertz CT molecular complexity index is 489. The number of benzene rings is 1. The summed E-state index contributed by atoms with van der Waals surface area (Å²) in [6.45, 7) is 1.79. The van der Waals surface area contributed by atoms with Crippen molar-refractivity contribution in [2.45, 2.75) is 24.8 Å². The molecule has 1 aromatic carbocycles. The quantitative estimate of drug-likeness (QED) is 0.887. The number of likely N-dealkylation sites (N-methyl/N-ethyl adjacent to an activating group) is 1. The Morgan fingerprint density at radius 2 is 1.89 bits per heavy atom. The van der Waals surface area contributed by atoms with Crippen LogP contribution >= 0.6 is 0 Å². The molecule has 1 heterocycles. The van der Waals surface area contributed by atoms with Crippen LogP contribution in [0.3, 0.4) is 0 Å². The van der Waals surface area contributed by atoms with Crippen molar-refractivity contribution >= 4 is 5.96 Å². The highest BCUT2D eigenvalue weighted by Crippen LogP contribution is 2.37. The second-order valence-corrected chi connectivity index (χ2v) is 5.34. The van der Waals surface area contributed by atoms with E-state index in [0.29, 0.717) is 6.04 Å². The zero-order valence-electron chi connectivity index (χ0n) is 10.9. The maximum Gasteiger partial charge on any atom is 0.194 e. The molecular weight excluding hydrogens is 248 g/mol. The van der Waals surface area contributed by atoms with Gasteiger partial charge in [-0.2, -0.15) is 0 Å². The van der Waals surface area contributed by atoms with E-state index in [9.17, 15) is 8.78 Å². The summed E-state index contributed by atoms with van der Waals surface area (Å²) in [5, 5.41) is 3.38. The molecule has 0 saturated heterocycles. The fraction of sp³-hybridized carbons (Fsp3) is 0.500. The lowest BCUT2D eigenvalue weighted by molar-refractivity contribution is 0.314. The van der Waals surface area contributed by atoms with Gasteiger partial charge in [0.15, 0.2) is 5.96 Å². The van der Waals surface area contributed by atoms with E-state index in [0.717, 1.165) is 43.5 Å². The van der Waals surface area contributed by atoms with Gasteiger partial charge in [-0.15, -0.1) is 0 Å². The van der Waals surface area contributed by atoms with Gasteiger partial charge in [0, 0.05) is 25.7 Å². The first-order valence-corrected chi connectivity index (χ1v) is 6.60. The predicted molar refractivity (Wildman–Crippen MR) is 70.2 cm³/mol. The first-order valence-electron chi connectivity index (χ1n) is 6.60. The molecule has 0 bridgehead atoms. The molecule has 1 aliphatic heterocycles. The van der Waals surface area contributed by atoms with Crippen LogP contribution in [0.15, 0.2) is 23.2 Å². The van der Waals surface area contributed by atoms with E-state index < -0.39 is 11.6 Å². The summed E-state index contributed by atoms with van der Waals surface area (Å²) in [6.07, 6.45) is 1.80. The van der Waals surface area contributed by atoms with Crippen LogP contribution in [0.5, 0.6) is 0 Å². The van der Waals surface area contributed by atoms with Crippen LogP contribution in [0, 0.1) is 11.6 Å². The van der Waals surface area contributed by atoms with Crippen LogP contribution in [0.4, 0.5) is 8.78 Å². The largest absolute Gasteiger partial charge is 0.353 e. The third kappa shape index (κ3) is 2.55. The summed E-state index contributed by atoms with van der Waals surface area (Å²) in [6, 6.07) is 4.14. The molecule has 102 valence electrons. The molecule has 1 N–H and O–H groups in total. The second-order valence-electron chi connectivity index (χ2n) is 5.34. The lowest BCUT2D eigenvalue weighted by Crippen LogP contribution is -2.47. The molecule has 1 aromatic rings. The van der Waals surface area contributed by atoms with E-state index in [4.69, 9.17) is 0 Å². The molecule has 0 aromatic heterocycles. The van der Waals surface area contributed by atoms with Gasteiger partial charge in [-0.05, 0) is 36.5 Å². The number of nitrogens with zero attached hydrogens (tertiary/aromatic N) is 2. The van der Waals surface area contributed by atoms with E-state index in [-0.39, 0.29) is 5.92 Å². The molecule has 1 fully saturated rings. The number of rotatable bonds is 2. The van der Waals surface area contributed by atoms with Gasteiger partial charge in [0.05, 0.1) is 6.54 Å². The fourth-order valence-corrected chi connectivity index (χ4v) is 2.69. The van der Waals surface area contributed by atoms with Crippen LogP contribution in [0.25, 0.3) is 0 Å². The summed E-state index contributed by atoms with van der Waals surface area (Å²) >= 11 is 0. The average molecular weight is 265 g/mol. The Labute approximate surface area is 111 Å². The van der Waals surface area contributed by atoms with Gasteiger partial charge in [-0.1, -0.05) is 0 Å². The zero-order chi connectivity index (χ0) is 13.4. The molecule has 1 aliphatic carbocycles. The van der Waals surface area contributed by atoms with Gasteiger partial charge >= 0.3 is 0 Å². The monoisotopic (exact) mass is 265 g/mol. The fourth-order valence-electron chi connectivity index (χ4n) is 2.69. The van der Waals surface area contributed by atoms with Crippen molar-refractivity contribution in [3.63, 3.8) is 0 Å². The van der Waals surface area contributed by atoms with Crippen LogP contribution in [0.1, 0.15) is 24.3 Å². The van der Waals surface area contributed by atoms with Crippen LogP contribution in [0.2, 0.25) is 0 Å². The van der Waals surface area contributed by atoms with E-state index in [1.54, 1.807) is 0 Å². The Balaban J connectivity index is 1.57. The van der Waals surface area contributed by atoms with Crippen LogP contribution in [-0.4, -0.2) is 37.0 Å². The lowest BCUT2D eigenvalue weighted by Gasteiger charge is -2.37. The van der Waals surface area contributed by atoms with E-state index in [1.807, 2.05) is 7.05 Å². The van der Waals surface area contributed by atoms with Crippen molar-refractivity contribution in [1.82, 2.24) is 10.2 Å². The number of nitrogens with one attached hydrogen (secondary N) is 1. The Morgan fingerprint density at radius 3 is 2.47 bits per heavy atom. The molecule has 1 saturated carbocycles. The summed E-state index contributed by atoms with van der Waals surface area (Å²) in [7, 11) is 2.01. The maximum atomic E-state index is 13.1. The van der Waals surface area contributed by atoms with Gasteiger partial charge in [0.25, 0.3) is 0 Å². The zero-order valence-corrected chi connectivity index (χ0v) is 10.9. The van der Waals surface area contributed by atoms with Crippen molar-refractivity contribution < 1.29 is 8.78 Å². The van der Waals surface area contributed by atoms with Gasteiger partial charge in [-0.3, -0.25) is 4.99 Å². The minimum Gasteiger partial charge on any atom is -0.353 e. The Hall–Kier alpha value is -1.65. The van der Waals surface area contributed by atoms with Gasteiger partial charge in [0.2, 0.25) is 0 Å². The smallest absolute Gasteiger partial charge is 0.194 e.